The van der Waals surface area contributed by atoms with E-state index in [0.717, 1.165) is 18.6 Å². The zero-order valence-electron chi connectivity index (χ0n) is 14.0. The molecule has 4 nitrogen and oxygen atoms in total. The number of nitrogens with one attached hydrogen (secondary N) is 1. The zero-order valence-corrected chi connectivity index (χ0v) is 14.0. The molecule has 0 aromatic heterocycles. The minimum Gasteiger partial charge on any atom is -0.491 e. The van der Waals surface area contributed by atoms with E-state index in [1.807, 2.05) is 50.1 Å². The molecular weight excluding hydrogens is 276 g/mol. The van der Waals surface area contributed by atoms with Gasteiger partial charge >= 0.3 is 6.03 Å². The predicted molar refractivity (Wildman–Crippen MR) is 89.3 cm³/mol. The van der Waals surface area contributed by atoms with Crippen LogP contribution in [0, 0.1) is 6.92 Å². The number of hydrogen-bond donors (Lipinski definition) is 1. The van der Waals surface area contributed by atoms with Crippen LogP contribution in [-0.4, -0.2) is 36.7 Å². The summed E-state index contributed by atoms with van der Waals surface area (Å²) in [6.07, 6.45) is 6.01. The highest BCUT2D eigenvalue weighted by Gasteiger charge is 2.22. The molecule has 0 aliphatic heterocycles. The van der Waals surface area contributed by atoms with Gasteiger partial charge in [-0.25, -0.2) is 4.79 Å². The van der Waals surface area contributed by atoms with Crippen molar-refractivity contribution in [2.24, 2.45) is 0 Å². The molecule has 1 N–H and O–H groups in total. The molecule has 1 aliphatic rings. The molecule has 1 saturated carbocycles. The van der Waals surface area contributed by atoms with Crippen LogP contribution in [0.2, 0.25) is 0 Å². The monoisotopic (exact) mass is 304 g/mol. The van der Waals surface area contributed by atoms with Gasteiger partial charge in [0.15, 0.2) is 0 Å². The second-order valence-electron chi connectivity index (χ2n) is 6.38. The molecule has 4 heteroatoms. The van der Waals surface area contributed by atoms with Gasteiger partial charge in [0.25, 0.3) is 0 Å². The molecule has 0 heterocycles. The molecule has 0 radical (unpaired) electrons. The van der Waals surface area contributed by atoms with Crippen LogP contribution in [0.25, 0.3) is 0 Å². The highest BCUT2D eigenvalue weighted by atomic mass is 16.5. The second-order valence-corrected chi connectivity index (χ2v) is 6.38. The maximum Gasteiger partial charge on any atom is 0.317 e. The third kappa shape index (κ3) is 4.93. The Kier molecular flexibility index (Phi) is 6.10. The lowest BCUT2D eigenvalue weighted by Crippen LogP contribution is -2.48. The van der Waals surface area contributed by atoms with Crippen LogP contribution in [0.15, 0.2) is 24.3 Å². The lowest BCUT2D eigenvalue weighted by atomic mass is 9.95. The number of nitrogens with zero attached hydrogens (tertiary/aromatic N) is 1. The van der Waals surface area contributed by atoms with Crippen LogP contribution < -0.4 is 10.1 Å². The second kappa shape index (κ2) is 8.06. The van der Waals surface area contributed by atoms with Gasteiger partial charge in [-0.1, -0.05) is 31.4 Å². The fourth-order valence-electron chi connectivity index (χ4n) is 2.91. The van der Waals surface area contributed by atoms with Gasteiger partial charge < -0.3 is 15.0 Å². The Bertz CT molecular complexity index is 484. The number of carbonyl (C=O) groups is 1. The first-order chi connectivity index (χ1) is 10.6. The number of urea groups is 1. The summed E-state index contributed by atoms with van der Waals surface area (Å²) >= 11 is 0. The van der Waals surface area contributed by atoms with Gasteiger partial charge in [0, 0.05) is 13.1 Å². The number of amides is 2. The smallest absolute Gasteiger partial charge is 0.317 e. The van der Waals surface area contributed by atoms with E-state index in [4.69, 9.17) is 4.74 Å². The van der Waals surface area contributed by atoms with E-state index in [0.29, 0.717) is 12.6 Å². The van der Waals surface area contributed by atoms with Gasteiger partial charge in [0.2, 0.25) is 0 Å². The van der Waals surface area contributed by atoms with E-state index in [2.05, 4.69) is 5.32 Å². The standard InChI is InChI=1S/C18H28N2O2/c1-14-8-7-11-17(12-14)22-13-15(2)19-18(21)20(3)16-9-5-4-6-10-16/h7-8,11-12,15-16H,4-6,9-10,13H2,1-3H3,(H,19,21). The Hall–Kier alpha value is -1.71. The molecule has 0 saturated heterocycles. The van der Waals surface area contributed by atoms with Crippen molar-refractivity contribution in [3.63, 3.8) is 0 Å². The van der Waals surface area contributed by atoms with Gasteiger partial charge in [-0.05, 0) is 44.4 Å². The Morgan fingerprint density at radius 2 is 2.09 bits per heavy atom. The average Bonchev–Trinajstić information content (AvgIpc) is 2.53. The summed E-state index contributed by atoms with van der Waals surface area (Å²) in [6, 6.07) is 8.34. The quantitative estimate of drug-likeness (QED) is 0.900. The molecule has 122 valence electrons. The highest BCUT2D eigenvalue weighted by Crippen LogP contribution is 2.21. The first kappa shape index (κ1) is 16.7. The molecular formula is C18H28N2O2. The van der Waals surface area contributed by atoms with Crippen molar-refractivity contribution < 1.29 is 9.53 Å². The van der Waals surface area contributed by atoms with Crippen molar-refractivity contribution >= 4 is 6.03 Å². The Labute approximate surface area is 133 Å². The lowest BCUT2D eigenvalue weighted by Gasteiger charge is -2.32. The van der Waals surface area contributed by atoms with Crippen LogP contribution in [0.4, 0.5) is 4.79 Å². The first-order valence-corrected chi connectivity index (χ1v) is 8.29. The predicted octanol–water partition coefficient (Wildman–Crippen LogP) is 3.74. The lowest BCUT2D eigenvalue weighted by molar-refractivity contribution is 0.166. The summed E-state index contributed by atoms with van der Waals surface area (Å²) in [7, 11) is 1.90. The topological polar surface area (TPSA) is 41.6 Å². The molecule has 1 aliphatic carbocycles. The van der Waals surface area contributed by atoms with Crippen LogP contribution >= 0.6 is 0 Å². The molecule has 1 atom stereocenters. The molecule has 1 unspecified atom stereocenters. The molecule has 2 amide bonds. The van der Waals surface area contributed by atoms with Crippen molar-refractivity contribution in [3.05, 3.63) is 29.8 Å². The van der Waals surface area contributed by atoms with Crippen molar-refractivity contribution in [2.45, 2.75) is 58.0 Å². The fraction of sp³-hybridized carbons (Fsp3) is 0.611. The maximum absolute atomic E-state index is 12.3. The third-order valence-electron chi connectivity index (χ3n) is 4.30. The van der Waals surface area contributed by atoms with E-state index >= 15 is 0 Å². The molecule has 1 aromatic rings. The third-order valence-corrected chi connectivity index (χ3v) is 4.30. The van der Waals surface area contributed by atoms with Gasteiger partial charge in [0.1, 0.15) is 12.4 Å². The molecule has 0 bridgehead atoms. The van der Waals surface area contributed by atoms with E-state index in [1.54, 1.807) is 0 Å². The van der Waals surface area contributed by atoms with Crippen molar-refractivity contribution in [1.29, 1.82) is 0 Å². The zero-order chi connectivity index (χ0) is 15.9. The number of rotatable bonds is 5. The van der Waals surface area contributed by atoms with E-state index < -0.39 is 0 Å². The van der Waals surface area contributed by atoms with Crippen LogP contribution in [0.1, 0.15) is 44.6 Å². The number of ether oxygens (including phenoxy) is 1. The summed E-state index contributed by atoms with van der Waals surface area (Å²) in [5.74, 6) is 0.849. The highest BCUT2D eigenvalue weighted by molar-refractivity contribution is 5.74. The van der Waals surface area contributed by atoms with Crippen LogP contribution in [0.3, 0.4) is 0 Å². The minimum atomic E-state index is -0.0148. The van der Waals surface area contributed by atoms with Crippen LogP contribution in [-0.2, 0) is 0 Å². The summed E-state index contributed by atoms with van der Waals surface area (Å²) in [4.78, 5) is 14.1. The van der Waals surface area contributed by atoms with Crippen molar-refractivity contribution in [2.75, 3.05) is 13.7 Å². The van der Waals surface area contributed by atoms with Gasteiger partial charge in [-0.3, -0.25) is 0 Å². The summed E-state index contributed by atoms with van der Waals surface area (Å²) in [6.45, 7) is 4.49. The van der Waals surface area contributed by atoms with Gasteiger partial charge in [-0.15, -0.1) is 0 Å². The summed E-state index contributed by atoms with van der Waals surface area (Å²) in [5.41, 5.74) is 1.17. The Balaban J connectivity index is 1.75. The first-order valence-electron chi connectivity index (χ1n) is 8.29. The molecule has 1 fully saturated rings. The van der Waals surface area contributed by atoms with Crippen LogP contribution in [0.5, 0.6) is 5.75 Å². The number of benzene rings is 1. The van der Waals surface area contributed by atoms with Crippen molar-refractivity contribution in [1.82, 2.24) is 10.2 Å². The number of carbonyl (C=O) groups excluding carboxylic acids is 1. The average molecular weight is 304 g/mol. The molecule has 2 rings (SSSR count). The molecule has 22 heavy (non-hydrogen) atoms. The van der Waals surface area contributed by atoms with Gasteiger partial charge in [0.05, 0.1) is 6.04 Å². The Morgan fingerprint density at radius 3 is 2.77 bits per heavy atom. The Morgan fingerprint density at radius 1 is 1.36 bits per heavy atom. The summed E-state index contributed by atoms with van der Waals surface area (Å²) in [5, 5.41) is 3.02. The SMILES string of the molecule is Cc1cccc(OCC(C)NC(=O)N(C)C2CCCCC2)c1. The molecule has 1 aromatic carbocycles. The normalized spacial score (nSPS) is 16.9. The fourth-order valence-corrected chi connectivity index (χ4v) is 2.91. The largest absolute Gasteiger partial charge is 0.491 e. The molecule has 0 spiro atoms. The maximum atomic E-state index is 12.3. The van der Waals surface area contributed by atoms with Gasteiger partial charge in [-0.2, -0.15) is 0 Å². The van der Waals surface area contributed by atoms with E-state index in [9.17, 15) is 4.79 Å². The van der Waals surface area contributed by atoms with E-state index in [1.165, 1.54) is 24.8 Å². The number of aryl methyl sites for hydroxylation is 1. The van der Waals surface area contributed by atoms with E-state index in [-0.39, 0.29) is 12.1 Å². The summed E-state index contributed by atoms with van der Waals surface area (Å²) < 4.78 is 5.74. The minimum absolute atomic E-state index is 0.00671. The number of hydrogen-bond acceptors (Lipinski definition) is 2. The van der Waals surface area contributed by atoms with Crippen molar-refractivity contribution in [3.8, 4) is 5.75 Å².